The summed E-state index contributed by atoms with van der Waals surface area (Å²) in [7, 11) is -3.76. The molecule has 0 unspecified atom stereocenters. The number of carbonyl (C=O) groups is 1. The lowest BCUT2D eigenvalue weighted by atomic mass is 10.2. The Hall–Kier alpha value is -2.50. The zero-order chi connectivity index (χ0) is 20.8. The molecule has 4 rings (SSSR count). The molecule has 1 amide bonds. The van der Waals surface area contributed by atoms with Gasteiger partial charge in [0.15, 0.2) is 0 Å². The second-order valence-electron chi connectivity index (χ2n) is 7.51. The van der Waals surface area contributed by atoms with E-state index in [1.165, 1.54) is 22.5 Å². The van der Waals surface area contributed by atoms with Crippen molar-refractivity contribution >= 4 is 27.0 Å². The van der Waals surface area contributed by atoms with Crippen LogP contribution in [0, 0.1) is 0 Å². The molecule has 1 aliphatic carbocycles. The highest BCUT2D eigenvalue weighted by Gasteiger charge is 2.33. The Balaban J connectivity index is 1.48. The van der Waals surface area contributed by atoms with Gasteiger partial charge in [0.2, 0.25) is 15.9 Å². The van der Waals surface area contributed by atoms with Crippen LogP contribution in [0.3, 0.4) is 0 Å². The van der Waals surface area contributed by atoms with E-state index in [0.717, 1.165) is 12.8 Å². The third kappa shape index (κ3) is 3.98. The fraction of sp³-hybridized carbons (Fsp3) is 0.500. The molecule has 156 valence electrons. The average molecular weight is 421 g/mol. The number of aromatic amines is 2. The van der Waals surface area contributed by atoms with Crippen LogP contribution in [-0.4, -0.2) is 71.8 Å². The first kappa shape index (κ1) is 19.8. The van der Waals surface area contributed by atoms with Gasteiger partial charge in [-0.05, 0) is 38.0 Å². The molecular weight excluding hydrogens is 398 g/mol. The van der Waals surface area contributed by atoms with Crippen LogP contribution >= 0.6 is 0 Å². The molecule has 1 aromatic carbocycles. The monoisotopic (exact) mass is 421 g/mol. The number of H-pyrrole nitrogens is 2. The van der Waals surface area contributed by atoms with Gasteiger partial charge in [0.25, 0.3) is 0 Å². The molecule has 0 radical (unpaired) electrons. The first-order chi connectivity index (χ1) is 13.8. The fourth-order valence-corrected chi connectivity index (χ4v) is 4.90. The number of sulfonamides is 1. The minimum atomic E-state index is -3.76. The molecule has 2 aromatic rings. The average Bonchev–Trinajstić information content (AvgIpc) is 3.52. The third-order valence-electron chi connectivity index (χ3n) is 5.46. The number of piperazine rings is 1. The minimum absolute atomic E-state index is 0.0173. The van der Waals surface area contributed by atoms with Crippen molar-refractivity contribution in [1.29, 1.82) is 0 Å². The quantitative estimate of drug-likeness (QED) is 0.541. The summed E-state index contributed by atoms with van der Waals surface area (Å²) in [5, 5.41) is 2.98. The number of aromatic nitrogens is 2. The van der Waals surface area contributed by atoms with Crippen LogP contribution in [0.2, 0.25) is 0 Å². The van der Waals surface area contributed by atoms with Crippen LogP contribution in [0.25, 0.3) is 11.0 Å². The summed E-state index contributed by atoms with van der Waals surface area (Å²) in [4.78, 5) is 42.0. The van der Waals surface area contributed by atoms with E-state index in [-0.39, 0.29) is 35.5 Å². The third-order valence-corrected chi connectivity index (χ3v) is 7.35. The number of benzene rings is 1. The van der Waals surface area contributed by atoms with Crippen molar-refractivity contribution < 1.29 is 13.2 Å². The van der Waals surface area contributed by atoms with E-state index < -0.39 is 21.1 Å². The molecule has 1 atom stereocenters. The van der Waals surface area contributed by atoms with Gasteiger partial charge >= 0.3 is 11.1 Å². The molecule has 3 N–H and O–H groups in total. The maximum Gasteiger partial charge on any atom is 0.314 e. The largest absolute Gasteiger partial charge is 0.352 e. The van der Waals surface area contributed by atoms with Crippen molar-refractivity contribution in [3.63, 3.8) is 0 Å². The van der Waals surface area contributed by atoms with Gasteiger partial charge in [-0.3, -0.25) is 19.3 Å². The molecule has 11 heteroatoms. The summed E-state index contributed by atoms with van der Waals surface area (Å²) in [6, 6.07) is 4.20. The molecule has 1 aromatic heterocycles. The molecule has 2 fully saturated rings. The van der Waals surface area contributed by atoms with Gasteiger partial charge in [0.1, 0.15) is 0 Å². The molecule has 1 saturated carbocycles. The van der Waals surface area contributed by atoms with Gasteiger partial charge in [-0.15, -0.1) is 0 Å². The van der Waals surface area contributed by atoms with Gasteiger partial charge in [0, 0.05) is 32.2 Å². The Kier molecular flexibility index (Phi) is 5.05. The zero-order valence-corrected chi connectivity index (χ0v) is 16.8. The second kappa shape index (κ2) is 7.39. The van der Waals surface area contributed by atoms with Gasteiger partial charge in [-0.2, -0.15) is 4.31 Å². The van der Waals surface area contributed by atoms with E-state index in [0.29, 0.717) is 24.6 Å². The Bertz CT molecular complexity index is 1160. The Morgan fingerprint density at radius 3 is 2.31 bits per heavy atom. The lowest BCUT2D eigenvalue weighted by Crippen LogP contribution is -2.55. The van der Waals surface area contributed by atoms with Crippen LogP contribution in [0.4, 0.5) is 0 Å². The van der Waals surface area contributed by atoms with E-state index in [9.17, 15) is 22.8 Å². The Labute approximate surface area is 167 Å². The van der Waals surface area contributed by atoms with Crippen LogP contribution in [0.5, 0.6) is 0 Å². The minimum Gasteiger partial charge on any atom is -0.352 e. The maximum atomic E-state index is 13.0. The summed E-state index contributed by atoms with van der Waals surface area (Å²) in [5.74, 6) is -0.0173. The second-order valence-corrected chi connectivity index (χ2v) is 9.45. The molecule has 2 heterocycles. The van der Waals surface area contributed by atoms with E-state index in [1.807, 2.05) is 11.8 Å². The lowest BCUT2D eigenvalue weighted by molar-refractivity contribution is -0.126. The Morgan fingerprint density at radius 1 is 1.07 bits per heavy atom. The summed E-state index contributed by atoms with van der Waals surface area (Å²) in [6.07, 6.45) is 2.05. The van der Waals surface area contributed by atoms with E-state index in [2.05, 4.69) is 15.3 Å². The predicted octanol–water partition coefficient (Wildman–Crippen LogP) is -0.810. The summed E-state index contributed by atoms with van der Waals surface area (Å²) >= 11 is 0. The zero-order valence-electron chi connectivity index (χ0n) is 16.0. The van der Waals surface area contributed by atoms with Crippen LogP contribution < -0.4 is 16.4 Å². The number of fused-ring (bicyclic) bond motifs is 1. The molecule has 0 spiro atoms. The van der Waals surface area contributed by atoms with Crippen LogP contribution in [0.15, 0.2) is 32.7 Å². The highest BCUT2D eigenvalue weighted by molar-refractivity contribution is 7.89. The van der Waals surface area contributed by atoms with E-state index in [4.69, 9.17) is 0 Å². The molecule has 0 bridgehead atoms. The number of carbonyl (C=O) groups excluding carboxylic acids is 1. The van der Waals surface area contributed by atoms with Gasteiger partial charge in [-0.25, -0.2) is 8.42 Å². The normalized spacial score (nSPS) is 19.9. The first-order valence-corrected chi connectivity index (χ1v) is 11.0. The van der Waals surface area contributed by atoms with Crippen LogP contribution in [0.1, 0.15) is 19.8 Å². The number of amides is 1. The van der Waals surface area contributed by atoms with Crippen molar-refractivity contribution in [2.45, 2.75) is 36.7 Å². The fourth-order valence-electron chi connectivity index (χ4n) is 3.45. The Morgan fingerprint density at radius 2 is 1.69 bits per heavy atom. The summed E-state index contributed by atoms with van der Waals surface area (Å²) < 4.78 is 27.4. The molecule has 2 aliphatic rings. The molecule has 10 nitrogen and oxygen atoms in total. The molecule has 1 aliphatic heterocycles. The van der Waals surface area contributed by atoms with Crippen molar-refractivity contribution in [3.05, 3.63) is 38.9 Å². The van der Waals surface area contributed by atoms with Gasteiger partial charge in [-0.1, -0.05) is 0 Å². The van der Waals surface area contributed by atoms with Crippen molar-refractivity contribution in [2.75, 3.05) is 26.2 Å². The highest BCUT2D eigenvalue weighted by atomic mass is 32.2. The predicted molar refractivity (Wildman–Crippen MR) is 106 cm³/mol. The molecule has 29 heavy (non-hydrogen) atoms. The van der Waals surface area contributed by atoms with Gasteiger partial charge < -0.3 is 15.3 Å². The summed E-state index contributed by atoms with van der Waals surface area (Å²) in [5.41, 5.74) is -1.02. The van der Waals surface area contributed by atoms with Crippen molar-refractivity contribution in [2.24, 2.45) is 0 Å². The van der Waals surface area contributed by atoms with Crippen LogP contribution in [-0.2, 0) is 14.8 Å². The lowest BCUT2D eigenvalue weighted by Gasteiger charge is -2.36. The van der Waals surface area contributed by atoms with Crippen molar-refractivity contribution in [3.8, 4) is 0 Å². The number of hydrogen-bond donors (Lipinski definition) is 3. The van der Waals surface area contributed by atoms with Gasteiger partial charge in [0.05, 0.1) is 22.0 Å². The standard InChI is InChI=1S/C18H23N5O5S/c1-11(16(24)19-12-2-3-12)22-6-8-23(9-7-22)29(27,28)13-4-5-14-15(10-13)21-18(26)17(25)20-14/h4-5,10-12H,2-3,6-9H2,1H3,(H,19,24)(H,20,25)(H,21,26)/t11-/m1/s1. The number of rotatable bonds is 5. The number of nitrogens with one attached hydrogen (secondary N) is 3. The van der Waals surface area contributed by atoms with E-state index >= 15 is 0 Å². The number of nitrogens with zero attached hydrogens (tertiary/aromatic N) is 2. The SMILES string of the molecule is C[C@H](C(=O)NC1CC1)N1CCN(S(=O)(=O)c2ccc3[nH]c(=O)c(=O)[nH]c3c2)CC1. The smallest absolute Gasteiger partial charge is 0.314 e. The highest BCUT2D eigenvalue weighted by Crippen LogP contribution is 2.22. The van der Waals surface area contributed by atoms with E-state index in [1.54, 1.807) is 0 Å². The van der Waals surface area contributed by atoms with Crippen molar-refractivity contribution in [1.82, 2.24) is 24.5 Å². The molecule has 1 saturated heterocycles. The topological polar surface area (TPSA) is 135 Å². The summed E-state index contributed by atoms with van der Waals surface area (Å²) in [6.45, 7) is 3.28. The first-order valence-electron chi connectivity index (χ1n) is 9.56. The molecular formula is C18H23N5O5S. The number of hydrogen-bond acceptors (Lipinski definition) is 6. The maximum absolute atomic E-state index is 13.0.